The molecule has 2 rings (SSSR count). The van der Waals surface area contributed by atoms with Gasteiger partial charge in [0.05, 0.1) is 12.2 Å². The van der Waals surface area contributed by atoms with Gasteiger partial charge in [0.1, 0.15) is 0 Å². The lowest BCUT2D eigenvalue weighted by Gasteiger charge is -2.16. The van der Waals surface area contributed by atoms with Crippen LogP contribution in [0.1, 0.15) is 39.5 Å². The Morgan fingerprint density at radius 2 is 2.36 bits per heavy atom. The Kier molecular flexibility index (Phi) is 3.24. The predicted octanol–water partition coefficient (Wildman–Crippen LogP) is 2.25. The molecule has 0 bridgehead atoms. The van der Waals surface area contributed by atoms with Crippen LogP contribution in [0.3, 0.4) is 0 Å². The van der Waals surface area contributed by atoms with Gasteiger partial charge in [-0.1, -0.05) is 11.6 Å². The highest BCUT2D eigenvalue weighted by molar-refractivity contribution is 5.09. The second kappa shape index (κ2) is 4.45. The molecule has 0 aromatic heterocycles. The third-order valence-corrected chi connectivity index (χ3v) is 3.33. The summed E-state index contributed by atoms with van der Waals surface area (Å²) in [6.45, 7) is 5.41. The molecule has 0 amide bonds. The first-order valence-electron chi connectivity index (χ1n) is 5.82. The van der Waals surface area contributed by atoms with Gasteiger partial charge in [-0.15, -0.1) is 0 Å². The first-order chi connectivity index (χ1) is 6.75. The minimum absolute atomic E-state index is 0.381. The van der Waals surface area contributed by atoms with Crippen LogP contribution in [-0.4, -0.2) is 24.8 Å². The van der Waals surface area contributed by atoms with E-state index < -0.39 is 0 Å². The van der Waals surface area contributed by atoms with Crippen molar-refractivity contribution >= 4 is 0 Å². The first kappa shape index (κ1) is 10.2. The monoisotopic (exact) mass is 195 g/mol. The summed E-state index contributed by atoms with van der Waals surface area (Å²) in [5.74, 6) is 0. The lowest BCUT2D eigenvalue weighted by atomic mass is 10.1. The first-order valence-corrected chi connectivity index (χ1v) is 5.82. The maximum absolute atomic E-state index is 5.71. The number of ether oxygens (including phenoxy) is 1. The zero-order valence-electron chi connectivity index (χ0n) is 9.25. The predicted molar refractivity (Wildman–Crippen MR) is 58.4 cm³/mol. The van der Waals surface area contributed by atoms with Crippen molar-refractivity contribution < 1.29 is 4.74 Å². The van der Waals surface area contributed by atoms with Crippen LogP contribution in [-0.2, 0) is 4.74 Å². The summed E-state index contributed by atoms with van der Waals surface area (Å²) in [6.07, 6.45) is 8.29. The summed E-state index contributed by atoms with van der Waals surface area (Å²) in [5, 5.41) is 3.61. The van der Waals surface area contributed by atoms with Crippen molar-refractivity contribution in [3.8, 4) is 0 Å². The van der Waals surface area contributed by atoms with E-state index in [0.29, 0.717) is 18.2 Å². The van der Waals surface area contributed by atoms with Gasteiger partial charge in [0.25, 0.3) is 0 Å². The molecule has 0 saturated carbocycles. The van der Waals surface area contributed by atoms with Gasteiger partial charge in [0.2, 0.25) is 0 Å². The highest BCUT2D eigenvalue weighted by Crippen LogP contribution is 2.21. The van der Waals surface area contributed by atoms with Gasteiger partial charge in [-0.05, 0) is 39.5 Å². The van der Waals surface area contributed by atoms with Crippen molar-refractivity contribution in [2.24, 2.45) is 0 Å². The minimum Gasteiger partial charge on any atom is -0.374 e. The molecule has 0 aromatic rings. The van der Waals surface area contributed by atoms with E-state index in [0.717, 1.165) is 13.0 Å². The number of hydrogen-bond donors (Lipinski definition) is 1. The lowest BCUT2D eigenvalue weighted by Crippen LogP contribution is -2.35. The molecule has 14 heavy (non-hydrogen) atoms. The van der Waals surface area contributed by atoms with E-state index in [1.807, 2.05) is 0 Å². The molecule has 1 aliphatic carbocycles. The standard InChI is InChI=1S/C12H21NO/c1-9-7-12(10(2)14-9)13-8-11-5-3-4-6-11/h5,9-10,12-13H,3-4,6-8H2,1-2H3. The second-order valence-corrected chi connectivity index (χ2v) is 4.63. The minimum atomic E-state index is 0.381. The van der Waals surface area contributed by atoms with E-state index in [-0.39, 0.29) is 0 Å². The summed E-state index contributed by atoms with van der Waals surface area (Å²) in [6, 6.07) is 0.562. The summed E-state index contributed by atoms with van der Waals surface area (Å²) in [7, 11) is 0. The van der Waals surface area contributed by atoms with Crippen LogP contribution in [0.4, 0.5) is 0 Å². The molecule has 1 saturated heterocycles. The van der Waals surface area contributed by atoms with Crippen molar-refractivity contribution in [1.82, 2.24) is 5.32 Å². The number of allylic oxidation sites excluding steroid dienone is 1. The molecule has 1 aliphatic heterocycles. The Hall–Kier alpha value is -0.340. The molecule has 1 heterocycles. The van der Waals surface area contributed by atoms with Crippen molar-refractivity contribution in [3.05, 3.63) is 11.6 Å². The van der Waals surface area contributed by atoms with E-state index >= 15 is 0 Å². The van der Waals surface area contributed by atoms with Crippen LogP contribution in [0.15, 0.2) is 11.6 Å². The van der Waals surface area contributed by atoms with Gasteiger partial charge >= 0.3 is 0 Å². The Balaban J connectivity index is 1.75. The van der Waals surface area contributed by atoms with Crippen LogP contribution in [0.25, 0.3) is 0 Å². The highest BCUT2D eigenvalue weighted by atomic mass is 16.5. The molecule has 0 radical (unpaired) electrons. The van der Waals surface area contributed by atoms with Crippen molar-refractivity contribution in [1.29, 1.82) is 0 Å². The van der Waals surface area contributed by atoms with E-state index in [2.05, 4.69) is 25.2 Å². The summed E-state index contributed by atoms with van der Waals surface area (Å²) in [4.78, 5) is 0. The fraction of sp³-hybridized carbons (Fsp3) is 0.833. The van der Waals surface area contributed by atoms with E-state index in [1.165, 1.54) is 19.3 Å². The van der Waals surface area contributed by atoms with Gasteiger partial charge in [0.15, 0.2) is 0 Å². The number of hydrogen-bond acceptors (Lipinski definition) is 2. The fourth-order valence-corrected chi connectivity index (χ4v) is 2.48. The van der Waals surface area contributed by atoms with Gasteiger partial charge in [-0.2, -0.15) is 0 Å². The Bertz CT molecular complexity index is 224. The SMILES string of the molecule is CC1CC(NCC2=CCCC2)C(C)O1. The molecule has 0 spiro atoms. The largest absolute Gasteiger partial charge is 0.374 e. The third-order valence-electron chi connectivity index (χ3n) is 3.33. The number of rotatable bonds is 3. The molecule has 2 aliphatic rings. The second-order valence-electron chi connectivity index (χ2n) is 4.63. The summed E-state index contributed by atoms with van der Waals surface area (Å²) in [5.41, 5.74) is 1.59. The Morgan fingerprint density at radius 1 is 1.50 bits per heavy atom. The molecule has 1 N–H and O–H groups in total. The molecule has 3 atom stereocenters. The highest BCUT2D eigenvalue weighted by Gasteiger charge is 2.28. The molecule has 1 fully saturated rings. The fourth-order valence-electron chi connectivity index (χ4n) is 2.48. The van der Waals surface area contributed by atoms with E-state index in [1.54, 1.807) is 5.57 Å². The lowest BCUT2D eigenvalue weighted by molar-refractivity contribution is 0.0609. The maximum atomic E-state index is 5.71. The van der Waals surface area contributed by atoms with Gasteiger partial charge < -0.3 is 10.1 Å². The van der Waals surface area contributed by atoms with Crippen molar-refractivity contribution in [3.63, 3.8) is 0 Å². The van der Waals surface area contributed by atoms with Crippen LogP contribution in [0.5, 0.6) is 0 Å². The molecular formula is C12H21NO. The molecule has 2 nitrogen and oxygen atoms in total. The number of nitrogens with one attached hydrogen (secondary N) is 1. The van der Waals surface area contributed by atoms with Crippen LogP contribution >= 0.6 is 0 Å². The zero-order valence-corrected chi connectivity index (χ0v) is 9.25. The molecule has 80 valence electrons. The van der Waals surface area contributed by atoms with Gasteiger partial charge in [0, 0.05) is 12.6 Å². The maximum Gasteiger partial charge on any atom is 0.0704 e. The zero-order chi connectivity index (χ0) is 9.97. The molecular weight excluding hydrogens is 174 g/mol. The van der Waals surface area contributed by atoms with Gasteiger partial charge in [-0.3, -0.25) is 0 Å². The topological polar surface area (TPSA) is 21.3 Å². The third kappa shape index (κ3) is 2.37. The van der Waals surface area contributed by atoms with E-state index in [4.69, 9.17) is 4.74 Å². The average Bonchev–Trinajstić information content (AvgIpc) is 2.72. The Morgan fingerprint density at radius 3 is 2.93 bits per heavy atom. The van der Waals surface area contributed by atoms with Crippen molar-refractivity contribution in [2.75, 3.05) is 6.54 Å². The average molecular weight is 195 g/mol. The smallest absolute Gasteiger partial charge is 0.0704 e. The molecule has 2 heteroatoms. The van der Waals surface area contributed by atoms with Crippen LogP contribution < -0.4 is 5.32 Å². The Labute approximate surface area is 86.7 Å². The normalized spacial score (nSPS) is 37.6. The van der Waals surface area contributed by atoms with Crippen molar-refractivity contribution in [2.45, 2.75) is 57.8 Å². The molecule has 3 unspecified atom stereocenters. The molecule has 0 aromatic carbocycles. The van der Waals surface area contributed by atoms with E-state index in [9.17, 15) is 0 Å². The summed E-state index contributed by atoms with van der Waals surface area (Å²) >= 11 is 0. The van der Waals surface area contributed by atoms with Crippen LogP contribution in [0, 0.1) is 0 Å². The van der Waals surface area contributed by atoms with Gasteiger partial charge in [-0.25, -0.2) is 0 Å². The quantitative estimate of drug-likeness (QED) is 0.697. The van der Waals surface area contributed by atoms with Crippen LogP contribution in [0.2, 0.25) is 0 Å². The summed E-state index contributed by atoms with van der Waals surface area (Å²) < 4.78 is 5.71.